The number of rotatable bonds is 6. The van der Waals surface area contributed by atoms with Crippen molar-refractivity contribution in [2.75, 3.05) is 26.0 Å². The molecule has 0 saturated heterocycles. The second kappa shape index (κ2) is 8.17. The van der Waals surface area contributed by atoms with Gasteiger partial charge in [-0.25, -0.2) is 0 Å². The van der Waals surface area contributed by atoms with E-state index in [-0.39, 0.29) is 17.2 Å². The monoisotopic (exact) mass is 394 g/mol. The fourth-order valence-electron chi connectivity index (χ4n) is 3.01. The SMILES string of the molecule is CN(C)C(CNc1oc(-c2cccs2)nc1C#N)c1ccc(C(C)(C)C)cc1. The van der Waals surface area contributed by atoms with Gasteiger partial charge in [-0.1, -0.05) is 51.1 Å². The van der Waals surface area contributed by atoms with Crippen LogP contribution in [0.25, 0.3) is 10.8 Å². The minimum Gasteiger partial charge on any atom is -0.418 e. The lowest BCUT2D eigenvalue weighted by molar-refractivity contribution is 0.310. The zero-order valence-corrected chi connectivity index (χ0v) is 17.8. The quantitative estimate of drug-likeness (QED) is 0.615. The third-order valence-corrected chi connectivity index (χ3v) is 5.56. The molecule has 0 spiro atoms. The minimum atomic E-state index is 0.129. The number of benzene rings is 1. The Kier molecular flexibility index (Phi) is 5.87. The largest absolute Gasteiger partial charge is 0.418 e. The Morgan fingerprint density at radius 2 is 1.93 bits per heavy atom. The molecule has 5 nitrogen and oxygen atoms in total. The van der Waals surface area contributed by atoms with Crippen LogP contribution in [0.3, 0.4) is 0 Å². The molecule has 0 amide bonds. The first-order valence-electron chi connectivity index (χ1n) is 9.25. The van der Waals surface area contributed by atoms with Crippen molar-refractivity contribution in [3.8, 4) is 16.8 Å². The summed E-state index contributed by atoms with van der Waals surface area (Å²) >= 11 is 1.54. The fraction of sp³-hybridized carbons (Fsp3) is 0.364. The first-order valence-corrected chi connectivity index (χ1v) is 10.1. The van der Waals surface area contributed by atoms with E-state index in [0.29, 0.717) is 18.3 Å². The number of oxazole rings is 1. The molecule has 6 heteroatoms. The van der Waals surface area contributed by atoms with Crippen LogP contribution >= 0.6 is 11.3 Å². The molecule has 2 heterocycles. The fourth-order valence-corrected chi connectivity index (χ4v) is 3.66. The van der Waals surface area contributed by atoms with Gasteiger partial charge in [-0.05, 0) is 42.1 Å². The smallest absolute Gasteiger partial charge is 0.240 e. The van der Waals surface area contributed by atoms with Crippen LogP contribution in [-0.4, -0.2) is 30.5 Å². The van der Waals surface area contributed by atoms with E-state index < -0.39 is 0 Å². The lowest BCUT2D eigenvalue weighted by atomic mass is 9.86. The number of nitrogens with zero attached hydrogens (tertiary/aromatic N) is 3. The zero-order valence-electron chi connectivity index (χ0n) is 17.0. The summed E-state index contributed by atoms with van der Waals surface area (Å²) in [5.41, 5.74) is 2.93. The van der Waals surface area contributed by atoms with Gasteiger partial charge in [-0.2, -0.15) is 10.2 Å². The molecule has 0 aliphatic rings. The predicted octanol–water partition coefficient (Wildman–Crippen LogP) is 5.29. The molecule has 1 N–H and O–H groups in total. The maximum Gasteiger partial charge on any atom is 0.240 e. The molecule has 0 aliphatic carbocycles. The highest BCUT2D eigenvalue weighted by atomic mass is 32.1. The van der Waals surface area contributed by atoms with Crippen molar-refractivity contribution in [2.24, 2.45) is 0 Å². The van der Waals surface area contributed by atoms with Crippen molar-refractivity contribution in [2.45, 2.75) is 32.2 Å². The number of thiophene rings is 1. The second-order valence-electron chi connectivity index (χ2n) is 8.02. The number of aromatic nitrogens is 1. The maximum atomic E-state index is 9.41. The molecule has 3 rings (SSSR count). The van der Waals surface area contributed by atoms with E-state index in [0.717, 1.165) is 4.88 Å². The highest BCUT2D eigenvalue weighted by Crippen LogP contribution is 2.30. The Morgan fingerprint density at radius 1 is 1.21 bits per heavy atom. The van der Waals surface area contributed by atoms with Gasteiger partial charge in [0.15, 0.2) is 0 Å². The molecular weight excluding hydrogens is 368 g/mol. The Labute approximate surface area is 170 Å². The molecule has 1 unspecified atom stereocenters. The molecule has 1 aromatic carbocycles. The van der Waals surface area contributed by atoms with Crippen molar-refractivity contribution in [1.29, 1.82) is 5.26 Å². The predicted molar refractivity (Wildman–Crippen MR) is 115 cm³/mol. The first kappa shape index (κ1) is 20.1. The summed E-state index contributed by atoms with van der Waals surface area (Å²) in [5.74, 6) is 0.897. The number of hydrogen-bond acceptors (Lipinski definition) is 6. The molecule has 0 fully saturated rings. The molecule has 0 bridgehead atoms. The van der Waals surface area contributed by atoms with Gasteiger partial charge in [0.05, 0.1) is 10.9 Å². The lowest BCUT2D eigenvalue weighted by Gasteiger charge is -2.26. The van der Waals surface area contributed by atoms with Gasteiger partial charge in [-0.15, -0.1) is 11.3 Å². The van der Waals surface area contributed by atoms with Crippen LogP contribution in [0.1, 0.15) is 43.6 Å². The molecule has 1 atom stereocenters. The van der Waals surface area contributed by atoms with Crippen LogP contribution in [0.2, 0.25) is 0 Å². The molecule has 0 aliphatic heterocycles. The maximum absolute atomic E-state index is 9.41. The Morgan fingerprint density at radius 3 is 2.46 bits per heavy atom. The molecule has 146 valence electrons. The van der Waals surface area contributed by atoms with Gasteiger partial charge < -0.3 is 14.6 Å². The third kappa shape index (κ3) is 4.44. The van der Waals surface area contributed by atoms with Crippen LogP contribution in [0, 0.1) is 11.3 Å². The van der Waals surface area contributed by atoms with Crippen molar-refractivity contribution in [1.82, 2.24) is 9.88 Å². The third-order valence-electron chi connectivity index (χ3n) is 4.71. The van der Waals surface area contributed by atoms with Crippen molar-refractivity contribution < 1.29 is 4.42 Å². The van der Waals surface area contributed by atoms with Gasteiger partial charge in [-0.3, -0.25) is 0 Å². The molecular formula is C22H26N4OS. The highest BCUT2D eigenvalue weighted by Gasteiger charge is 2.20. The van der Waals surface area contributed by atoms with Crippen molar-refractivity contribution in [3.63, 3.8) is 0 Å². The first-order chi connectivity index (χ1) is 13.3. The van der Waals surface area contributed by atoms with E-state index in [1.54, 1.807) is 0 Å². The van der Waals surface area contributed by atoms with Gasteiger partial charge in [0.1, 0.15) is 6.07 Å². The number of nitrogens with one attached hydrogen (secondary N) is 1. The number of anilines is 1. The topological polar surface area (TPSA) is 65.1 Å². The van der Waals surface area contributed by atoms with E-state index in [1.807, 2.05) is 31.6 Å². The normalized spacial score (nSPS) is 12.8. The van der Waals surface area contributed by atoms with E-state index in [4.69, 9.17) is 4.42 Å². The standard InChI is InChI=1S/C22H26N4OS/c1-22(2,3)16-10-8-15(9-11-16)18(26(4)5)14-24-20-17(13-23)25-21(27-20)19-7-6-12-28-19/h6-12,18,24H,14H2,1-5H3. The van der Waals surface area contributed by atoms with E-state index in [1.165, 1.54) is 22.5 Å². The average molecular weight is 395 g/mol. The van der Waals surface area contributed by atoms with Crippen molar-refractivity contribution in [3.05, 3.63) is 58.6 Å². The van der Waals surface area contributed by atoms with Crippen LogP contribution < -0.4 is 5.32 Å². The molecule has 28 heavy (non-hydrogen) atoms. The number of likely N-dealkylation sites (N-methyl/N-ethyl adjacent to an activating group) is 1. The van der Waals surface area contributed by atoms with Crippen molar-refractivity contribution >= 4 is 17.2 Å². The Bertz CT molecular complexity index is 944. The summed E-state index contributed by atoms with van der Waals surface area (Å²) in [6.07, 6.45) is 0. The molecule has 0 radical (unpaired) electrons. The Hall–Kier alpha value is -2.62. The van der Waals surface area contributed by atoms with Gasteiger partial charge >= 0.3 is 0 Å². The number of nitriles is 1. The van der Waals surface area contributed by atoms with Gasteiger partial charge in [0.25, 0.3) is 0 Å². The summed E-state index contributed by atoms with van der Waals surface area (Å²) in [4.78, 5) is 7.38. The summed E-state index contributed by atoms with van der Waals surface area (Å²) in [7, 11) is 4.10. The zero-order chi connectivity index (χ0) is 20.3. The summed E-state index contributed by atoms with van der Waals surface area (Å²) in [6, 6.07) is 14.9. The van der Waals surface area contributed by atoms with Crippen LogP contribution in [0.4, 0.5) is 5.88 Å². The summed E-state index contributed by atoms with van der Waals surface area (Å²) in [6.45, 7) is 7.25. The number of hydrogen-bond donors (Lipinski definition) is 1. The van der Waals surface area contributed by atoms with E-state index >= 15 is 0 Å². The molecule has 2 aromatic heterocycles. The van der Waals surface area contributed by atoms with Crippen LogP contribution in [-0.2, 0) is 5.41 Å². The summed E-state index contributed by atoms with van der Waals surface area (Å²) < 4.78 is 5.83. The van der Waals surface area contributed by atoms with Crippen LogP contribution in [0.5, 0.6) is 0 Å². The average Bonchev–Trinajstić information content (AvgIpc) is 3.30. The van der Waals surface area contributed by atoms with E-state index in [2.05, 4.69) is 66.3 Å². The second-order valence-corrected chi connectivity index (χ2v) is 8.97. The lowest BCUT2D eigenvalue weighted by Crippen LogP contribution is -2.27. The summed E-state index contributed by atoms with van der Waals surface area (Å²) in [5, 5.41) is 14.7. The van der Waals surface area contributed by atoms with E-state index in [9.17, 15) is 5.26 Å². The highest BCUT2D eigenvalue weighted by molar-refractivity contribution is 7.13. The Balaban J connectivity index is 1.78. The molecule has 0 saturated carbocycles. The van der Waals surface area contributed by atoms with Gasteiger partial charge in [0.2, 0.25) is 17.5 Å². The minimum absolute atomic E-state index is 0.129. The van der Waals surface area contributed by atoms with Gasteiger partial charge in [0, 0.05) is 6.54 Å². The molecule has 3 aromatic rings. The van der Waals surface area contributed by atoms with Crippen LogP contribution in [0.15, 0.2) is 46.2 Å².